The minimum atomic E-state index is -1.20. The summed E-state index contributed by atoms with van der Waals surface area (Å²) in [5.41, 5.74) is 0.963. The molecule has 1 amide bonds. The van der Waals surface area contributed by atoms with Crippen LogP contribution in [0.4, 0.5) is 4.39 Å². The summed E-state index contributed by atoms with van der Waals surface area (Å²) < 4.78 is 13.5. The molecular weight excluding hydrogens is 361 g/mol. The van der Waals surface area contributed by atoms with Crippen LogP contribution in [-0.4, -0.2) is 26.2 Å². The van der Waals surface area contributed by atoms with E-state index in [4.69, 9.17) is 12.2 Å². The van der Waals surface area contributed by atoms with Crippen LogP contribution in [0.15, 0.2) is 59.5 Å². The Balaban J connectivity index is 1.96. The molecule has 2 aromatic carbocycles. The number of carboxylic acids is 1. The van der Waals surface area contributed by atoms with Crippen LogP contribution >= 0.6 is 24.0 Å². The zero-order chi connectivity index (χ0) is 18.0. The average molecular weight is 373 g/mol. The van der Waals surface area contributed by atoms with Gasteiger partial charge in [0.2, 0.25) is 0 Å². The van der Waals surface area contributed by atoms with Crippen molar-refractivity contribution in [2.24, 2.45) is 0 Å². The lowest BCUT2D eigenvalue weighted by Gasteiger charge is -2.23. The standard InChI is InChI=1S/C18H12FNO3S2/c19-13-8-4-5-11(9-13)10-14-16(21)20(18(24)25-14)15(17(22)23)12-6-2-1-3-7-12/h1-10,15H,(H,22,23)/b14-10-. The van der Waals surface area contributed by atoms with Crippen molar-refractivity contribution in [2.45, 2.75) is 6.04 Å². The first-order valence-corrected chi connectivity index (χ1v) is 8.50. The van der Waals surface area contributed by atoms with E-state index in [9.17, 15) is 19.1 Å². The monoisotopic (exact) mass is 373 g/mol. The van der Waals surface area contributed by atoms with Crippen molar-refractivity contribution in [1.82, 2.24) is 4.90 Å². The third-order valence-corrected chi connectivity index (χ3v) is 4.91. The fraction of sp³-hybridized carbons (Fsp3) is 0.0556. The molecule has 7 heteroatoms. The predicted octanol–water partition coefficient (Wildman–Crippen LogP) is 3.85. The molecule has 3 rings (SSSR count). The molecule has 0 radical (unpaired) electrons. The molecule has 1 fully saturated rings. The van der Waals surface area contributed by atoms with Crippen LogP contribution in [-0.2, 0) is 9.59 Å². The first-order chi connectivity index (χ1) is 12.0. The smallest absolute Gasteiger partial charge is 0.331 e. The molecule has 1 N–H and O–H groups in total. The van der Waals surface area contributed by atoms with Crippen molar-refractivity contribution in [3.63, 3.8) is 0 Å². The Labute approximate surface area is 153 Å². The van der Waals surface area contributed by atoms with Gasteiger partial charge in [-0.2, -0.15) is 0 Å². The molecule has 4 nitrogen and oxygen atoms in total. The normalized spacial score (nSPS) is 17.2. The summed E-state index contributed by atoms with van der Waals surface area (Å²) in [7, 11) is 0. The Kier molecular flexibility index (Phi) is 4.96. The fourth-order valence-corrected chi connectivity index (χ4v) is 3.80. The van der Waals surface area contributed by atoms with Crippen molar-refractivity contribution < 1.29 is 19.1 Å². The quantitative estimate of drug-likeness (QED) is 0.652. The Morgan fingerprint density at radius 1 is 1.20 bits per heavy atom. The van der Waals surface area contributed by atoms with Crippen LogP contribution in [0.2, 0.25) is 0 Å². The van der Waals surface area contributed by atoms with E-state index in [1.165, 1.54) is 24.3 Å². The van der Waals surface area contributed by atoms with Gasteiger partial charge in [0, 0.05) is 0 Å². The number of nitrogens with zero attached hydrogens (tertiary/aromatic N) is 1. The number of benzene rings is 2. The van der Waals surface area contributed by atoms with Gasteiger partial charge in [-0.25, -0.2) is 9.18 Å². The second kappa shape index (κ2) is 7.16. The van der Waals surface area contributed by atoms with Crippen LogP contribution in [0.25, 0.3) is 6.08 Å². The van der Waals surface area contributed by atoms with Crippen LogP contribution in [0, 0.1) is 5.82 Å². The van der Waals surface area contributed by atoms with E-state index in [1.54, 1.807) is 36.4 Å². The molecular formula is C18H12FNO3S2. The Bertz CT molecular complexity index is 883. The first kappa shape index (κ1) is 17.3. The highest BCUT2D eigenvalue weighted by Crippen LogP contribution is 2.38. The number of carbonyl (C=O) groups is 2. The third-order valence-electron chi connectivity index (χ3n) is 3.58. The van der Waals surface area contributed by atoms with Crippen LogP contribution in [0.5, 0.6) is 0 Å². The Morgan fingerprint density at radius 3 is 2.56 bits per heavy atom. The molecule has 1 aliphatic heterocycles. The molecule has 1 saturated heterocycles. The van der Waals surface area contributed by atoms with Gasteiger partial charge in [0.15, 0.2) is 6.04 Å². The number of amides is 1. The topological polar surface area (TPSA) is 57.6 Å². The number of hydrogen-bond donors (Lipinski definition) is 1. The van der Waals surface area contributed by atoms with Gasteiger partial charge < -0.3 is 5.11 Å². The molecule has 1 unspecified atom stereocenters. The number of thioether (sulfide) groups is 1. The molecule has 1 aliphatic rings. The molecule has 0 aliphatic carbocycles. The second-order valence-electron chi connectivity index (χ2n) is 5.26. The highest BCUT2D eigenvalue weighted by atomic mass is 32.2. The van der Waals surface area contributed by atoms with Crippen molar-refractivity contribution in [1.29, 1.82) is 0 Å². The maximum atomic E-state index is 13.3. The molecule has 25 heavy (non-hydrogen) atoms. The molecule has 0 aromatic heterocycles. The van der Waals surface area contributed by atoms with Gasteiger partial charge in [0.1, 0.15) is 10.1 Å². The van der Waals surface area contributed by atoms with E-state index >= 15 is 0 Å². The molecule has 2 aromatic rings. The number of carbonyl (C=O) groups excluding carboxylic acids is 1. The number of hydrogen-bond acceptors (Lipinski definition) is 4. The molecule has 0 bridgehead atoms. The lowest BCUT2D eigenvalue weighted by atomic mass is 10.1. The number of thiocarbonyl (C=S) groups is 1. The van der Waals surface area contributed by atoms with Crippen LogP contribution in [0.1, 0.15) is 17.2 Å². The molecule has 0 saturated carbocycles. The highest BCUT2D eigenvalue weighted by molar-refractivity contribution is 8.26. The Morgan fingerprint density at radius 2 is 1.92 bits per heavy atom. The fourth-order valence-electron chi connectivity index (χ4n) is 2.49. The van der Waals surface area contributed by atoms with Crippen LogP contribution in [0.3, 0.4) is 0 Å². The van der Waals surface area contributed by atoms with Gasteiger partial charge in [-0.05, 0) is 29.3 Å². The summed E-state index contributed by atoms with van der Waals surface area (Å²) in [6, 6.07) is 13.0. The lowest BCUT2D eigenvalue weighted by molar-refractivity contribution is -0.145. The second-order valence-corrected chi connectivity index (χ2v) is 6.93. The summed E-state index contributed by atoms with van der Waals surface area (Å²) in [6.45, 7) is 0. The Hall–Kier alpha value is -2.51. The minimum Gasteiger partial charge on any atom is -0.479 e. The summed E-state index contributed by atoms with van der Waals surface area (Å²) in [5, 5.41) is 9.60. The van der Waals surface area contributed by atoms with E-state index < -0.39 is 23.7 Å². The number of aliphatic carboxylic acids is 1. The maximum absolute atomic E-state index is 13.3. The number of halogens is 1. The number of carboxylic acid groups (broad SMARTS) is 1. The van der Waals surface area contributed by atoms with Gasteiger partial charge in [-0.15, -0.1) is 0 Å². The predicted molar refractivity (Wildman–Crippen MR) is 98.2 cm³/mol. The minimum absolute atomic E-state index is 0.156. The van der Waals surface area contributed by atoms with E-state index in [-0.39, 0.29) is 9.23 Å². The van der Waals surface area contributed by atoms with Crippen LogP contribution < -0.4 is 0 Å². The highest BCUT2D eigenvalue weighted by Gasteiger charge is 2.41. The molecule has 126 valence electrons. The third kappa shape index (κ3) is 3.62. The maximum Gasteiger partial charge on any atom is 0.331 e. The van der Waals surface area contributed by atoms with Gasteiger partial charge in [-0.1, -0.05) is 66.4 Å². The van der Waals surface area contributed by atoms with E-state index in [0.717, 1.165) is 16.7 Å². The van der Waals surface area contributed by atoms with Gasteiger partial charge in [0.05, 0.1) is 4.91 Å². The largest absolute Gasteiger partial charge is 0.479 e. The van der Waals surface area contributed by atoms with Crippen molar-refractivity contribution in [2.75, 3.05) is 0 Å². The summed E-state index contributed by atoms with van der Waals surface area (Å²) in [6.07, 6.45) is 1.51. The van der Waals surface area contributed by atoms with Gasteiger partial charge in [-0.3, -0.25) is 9.69 Å². The van der Waals surface area contributed by atoms with E-state index in [1.807, 2.05) is 0 Å². The first-order valence-electron chi connectivity index (χ1n) is 7.28. The summed E-state index contributed by atoms with van der Waals surface area (Å²) >= 11 is 6.23. The zero-order valence-corrected chi connectivity index (χ0v) is 14.4. The lowest BCUT2D eigenvalue weighted by Crippen LogP contribution is -2.37. The van der Waals surface area contributed by atoms with E-state index in [0.29, 0.717) is 11.1 Å². The van der Waals surface area contributed by atoms with Gasteiger partial charge >= 0.3 is 5.97 Å². The zero-order valence-electron chi connectivity index (χ0n) is 12.8. The summed E-state index contributed by atoms with van der Waals surface area (Å²) in [5.74, 6) is -2.10. The van der Waals surface area contributed by atoms with Crippen molar-refractivity contribution in [3.8, 4) is 0 Å². The van der Waals surface area contributed by atoms with Gasteiger partial charge in [0.25, 0.3) is 5.91 Å². The molecule has 1 atom stereocenters. The van der Waals surface area contributed by atoms with Crippen molar-refractivity contribution in [3.05, 3.63) is 76.4 Å². The SMILES string of the molecule is O=C(O)C(c1ccccc1)N1C(=O)/C(=C/c2cccc(F)c2)SC1=S. The van der Waals surface area contributed by atoms with Crippen molar-refractivity contribution >= 4 is 46.3 Å². The molecule has 1 heterocycles. The molecule has 0 spiro atoms. The summed E-state index contributed by atoms with van der Waals surface area (Å²) in [4.78, 5) is 25.8. The average Bonchev–Trinajstić information content (AvgIpc) is 2.84. The van der Waals surface area contributed by atoms with E-state index in [2.05, 4.69) is 0 Å². The number of rotatable bonds is 4.